The lowest BCUT2D eigenvalue weighted by Gasteiger charge is -2.11. The number of carbonyl (C=O) groups is 1. The van der Waals surface area contributed by atoms with E-state index < -0.39 is 24.1 Å². The third kappa shape index (κ3) is 3.89. The number of halogens is 4. The molecule has 94 valence electrons. The van der Waals surface area contributed by atoms with Gasteiger partial charge in [-0.15, -0.1) is 0 Å². The van der Waals surface area contributed by atoms with Crippen LogP contribution in [0.3, 0.4) is 0 Å². The average molecular weight is 268 g/mol. The molecule has 17 heavy (non-hydrogen) atoms. The van der Waals surface area contributed by atoms with E-state index in [1.54, 1.807) is 6.92 Å². The quantitative estimate of drug-likeness (QED) is 0.624. The number of rotatable bonds is 3. The van der Waals surface area contributed by atoms with E-state index in [0.717, 1.165) is 6.07 Å². The van der Waals surface area contributed by atoms with Gasteiger partial charge < -0.3 is 4.74 Å². The van der Waals surface area contributed by atoms with E-state index in [2.05, 4.69) is 9.72 Å². The van der Waals surface area contributed by atoms with Gasteiger partial charge in [0.05, 0.1) is 18.6 Å². The van der Waals surface area contributed by atoms with Crippen molar-refractivity contribution in [1.29, 1.82) is 0 Å². The van der Waals surface area contributed by atoms with Crippen LogP contribution < -0.4 is 0 Å². The minimum absolute atomic E-state index is 0.0997. The highest BCUT2D eigenvalue weighted by Crippen LogP contribution is 2.32. The summed E-state index contributed by atoms with van der Waals surface area (Å²) in [4.78, 5) is 14.5. The van der Waals surface area contributed by atoms with Crippen molar-refractivity contribution < 1.29 is 22.7 Å². The van der Waals surface area contributed by atoms with Crippen LogP contribution in [0.4, 0.5) is 13.2 Å². The van der Waals surface area contributed by atoms with Gasteiger partial charge in [0, 0.05) is 6.20 Å². The van der Waals surface area contributed by atoms with Gasteiger partial charge in [0.1, 0.15) is 5.15 Å². The zero-order valence-electron chi connectivity index (χ0n) is 8.84. The minimum Gasteiger partial charge on any atom is -0.466 e. The molecule has 0 aliphatic heterocycles. The van der Waals surface area contributed by atoms with Gasteiger partial charge in [0.15, 0.2) is 0 Å². The molecule has 0 aliphatic rings. The van der Waals surface area contributed by atoms with Crippen LogP contribution in [0.25, 0.3) is 0 Å². The van der Waals surface area contributed by atoms with E-state index >= 15 is 0 Å². The normalized spacial score (nSPS) is 11.4. The Kier molecular flexibility index (Phi) is 4.34. The highest BCUT2D eigenvalue weighted by molar-refractivity contribution is 6.29. The highest BCUT2D eigenvalue weighted by Gasteiger charge is 2.34. The van der Waals surface area contributed by atoms with Crippen LogP contribution in [-0.4, -0.2) is 17.6 Å². The lowest BCUT2D eigenvalue weighted by atomic mass is 10.1. The molecule has 0 aliphatic carbocycles. The maximum atomic E-state index is 12.6. The number of carbonyl (C=O) groups excluding carboxylic acids is 1. The molecule has 0 aromatic carbocycles. The topological polar surface area (TPSA) is 39.2 Å². The molecule has 0 fully saturated rings. The van der Waals surface area contributed by atoms with Crippen LogP contribution in [0.15, 0.2) is 12.3 Å². The third-order valence-corrected chi connectivity index (χ3v) is 2.11. The van der Waals surface area contributed by atoms with E-state index in [1.165, 1.54) is 0 Å². The van der Waals surface area contributed by atoms with Crippen molar-refractivity contribution in [3.05, 3.63) is 28.5 Å². The maximum Gasteiger partial charge on any atom is 0.418 e. The van der Waals surface area contributed by atoms with Crippen LogP contribution in [0.2, 0.25) is 5.15 Å². The first-order chi connectivity index (χ1) is 7.84. The molecule has 0 saturated heterocycles. The Morgan fingerprint density at radius 1 is 1.53 bits per heavy atom. The summed E-state index contributed by atoms with van der Waals surface area (Å²) in [7, 11) is 0. The number of hydrogen-bond acceptors (Lipinski definition) is 3. The monoisotopic (exact) mass is 267 g/mol. The second-order valence-corrected chi connectivity index (χ2v) is 3.53. The lowest BCUT2D eigenvalue weighted by molar-refractivity contribution is -0.143. The fourth-order valence-corrected chi connectivity index (χ4v) is 1.42. The van der Waals surface area contributed by atoms with E-state index in [9.17, 15) is 18.0 Å². The summed E-state index contributed by atoms with van der Waals surface area (Å²) in [6.45, 7) is 1.68. The minimum atomic E-state index is -4.57. The molecule has 0 N–H and O–H groups in total. The molecule has 1 rings (SSSR count). The Balaban J connectivity index is 3.04. The fourth-order valence-electron chi connectivity index (χ4n) is 1.24. The zero-order valence-corrected chi connectivity index (χ0v) is 9.60. The number of esters is 1. The van der Waals surface area contributed by atoms with E-state index in [-0.39, 0.29) is 17.3 Å². The number of nitrogens with zero attached hydrogens (tertiary/aromatic N) is 1. The summed E-state index contributed by atoms with van der Waals surface area (Å²) in [6, 6.07) is 1.02. The van der Waals surface area contributed by atoms with Crippen LogP contribution in [0.1, 0.15) is 18.1 Å². The smallest absolute Gasteiger partial charge is 0.418 e. The van der Waals surface area contributed by atoms with Crippen LogP contribution in [0, 0.1) is 0 Å². The van der Waals surface area contributed by atoms with E-state index in [0.29, 0.717) is 6.20 Å². The largest absolute Gasteiger partial charge is 0.466 e. The van der Waals surface area contributed by atoms with Gasteiger partial charge in [-0.05, 0) is 18.6 Å². The highest BCUT2D eigenvalue weighted by atomic mass is 35.5. The summed E-state index contributed by atoms with van der Waals surface area (Å²) in [5, 5.41) is -0.0997. The van der Waals surface area contributed by atoms with Crippen LogP contribution in [-0.2, 0) is 22.1 Å². The molecule has 1 heterocycles. The van der Waals surface area contributed by atoms with Gasteiger partial charge in [0.2, 0.25) is 0 Å². The van der Waals surface area contributed by atoms with Crippen LogP contribution >= 0.6 is 11.6 Å². The summed E-state index contributed by atoms with van der Waals surface area (Å²) < 4.78 is 42.3. The van der Waals surface area contributed by atoms with Gasteiger partial charge >= 0.3 is 12.1 Å². The summed E-state index contributed by atoms with van der Waals surface area (Å²) in [5.74, 6) is -0.736. The number of aromatic nitrogens is 1. The first-order valence-electron chi connectivity index (χ1n) is 4.71. The third-order valence-electron chi connectivity index (χ3n) is 1.90. The molecule has 0 amide bonds. The Hall–Kier alpha value is -1.30. The van der Waals surface area contributed by atoms with Gasteiger partial charge in [-0.1, -0.05) is 11.6 Å². The number of alkyl halides is 3. The Morgan fingerprint density at radius 3 is 2.71 bits per heavy atom. The van der Waals surface area contributed by atoms with E-state index in [1.807, 2.05) is 0 Å². The van der Waals surface area contributed by atoms with Crippen molar-refractivity contribution in [2.24, 2.45) is 0 Å². The Labute approximate surface area is 101 Å². The van der Waals surface area contributed by atoms with Crippen molar-refractivity contribution in [2.75, 3.05) is 6.61 Å². The zero-order chi connectivity index (χ0) is 13.1. The molecule has 0 saturated carbocycles. The predicted molar refractivity (Wildman–Crippen MR) is 54.6 cm³/mol. The molecule has 0 radical (unpaired) electrons. The Morgan fingerprint density at radius 2 is 2.18 bits per heavy atom. The predicted octanol–water partition coefficient (Wildman–Crippen LogP) is 2.86. The summed E-state index contributed by atoms with van der Waals surface area (Å²) >= 11 is 5.50. The summed E-state index contributed by atoms with van der Waals surface area (Å²) in [5.41, 5.74) is -1.22. The molecule has 0 bridgehead atoms. The average Bonchev–Trinajstić information content (AvgIpc) is 2.15. The first kappa shape index (κ1) is 13.8. The number of ether oxygens (including phenoxy) is 1. The molecule has 0 spiro atoms. The van der Waals surface area contributed by atoms with Gasteiger partial charge in [0.25, 0.3) is 0 Å². The second-order valence-electron chi connectivity index (χ2n) is 3.14. The molecular formula is C10H9ClF3NO2. The molecule has 3 nitrogen and oxygen atoms in total. The number of pyridine rings is 1. The lowest BCUT2D eigenvalue weighted by Crippen LogP contribution is -2.14. The molecule has 1 aromatic heterocycles. The SMILES string of the molecule is CCOC(=O)Cc1cc(Cl)ncc1C(F)(F)F. The number of hydrogen-bond donors (Lipinski definition) is 0. The van der Waals surface area contributed by atoms with Crippen molar-refractivity contribution in [3.8, 4) is 0 Å². The molecule has 0 unspecified atom stereocenters. The van der Waals surface area contributed by atoms with Gasteiger partial charge in [-0.3, -0.25) is 4.79 Å². The molecular weight excluding hydrogens is 259 g/mol. The van der Waals surface area contributed by atoms with Crippen molar-refractivity contribution in [3.63, 3.8) is 0 Å². The van der Waals surface area contributed by atoms with Crippen molar-refractivity contribution >= 4 is 17.6 Å². The van der Waals surface area contributed by atoms with E-state index in [4.69, 9.17) is 11.6 Å². The summed E-state index contributed by atoms with van der Waals surface area (Å²) in [6.07, 6.45) is -4.44. The Bertz CT molecular complexity index is 421. The van der Waals surface area contributed by atoms with Crippen molar-refractivity contribution in [1.82, 2.24) is 4.98 Å². The maximum absolute atomic E-state index is 12.6. The van der Waals surface area contributed by atoms with Gasteiger partial charge in [-0.2, -0.15) is 13.2 Å². The van der Waals surface area contributed by atoms with Crippen LogP contribution in [0.5, 0.6) is 0 Å². The second kappa shape index (κ2) is 5.35. The fraction of sp³-hybridized carbons (Fsp3) is 0.400. The molecule has 1 aromatic rings. The standard InChI is InChI=1S/C10H9ClF3NO2/c1-2-17-9(16)4-6-3-8(11)15-5-7(6)10(12,13)14/h3,5H,2,4H2,1H3. The molecule has 7 heteroatoms. The van der Waals surface area contributed by atoms with Gasteiger partial charge in [-0.25, -0.2) is 4.98 Å². The molecule has 0 atom stereocenters. The van der Waals surface area contributed by atoms with Crippen molar-refractivity contribution in [2.45, 2.75) is 19.5 Å². The first-order valence-corrected chi connectivity index (χ1v) is 5.09.